The number of rotatable bonds is 17. The molecule has 0 spiro atoms. The molecule has 3 aromatic carbocycles. The Bertz CT molecular complexity index is 3950. The van der Waals surface area contributed by atoms with Gasteiger partial charge in [-0.25, -0.2) is 33.7 Å². The van der Waals surface area contributed by atoms with Crippen molar-refractivity contribution in [3.05, 3.63) is 318 Å². The largest absolute Gasteiger partial charge is 0.354 e. The normalized spacial score (nSPS) is 16.8. The molecule has 0 saturated heterocycles. The summed E-state index contributed by atoms with van der Waals surface area (Å²) >= 11 is 0. The van der Waals surface area contributed by atoms with E-state index in [-0.39, 0.29) is 0 Å². The quantitative estimate of drug-likeness (QED) is 0.0728. The van der Waals surface area contributed by atoms with Gasteiger partial charge in [0.1, 0.15) is 19.6 Å². The predicted octanol–water partition coefficient (Wildman–Crippen LogP) is 12.4. The minimum atomic E-state index is 0.641. The second kappa shape index (κ2) is 24.4. The van der Waals surface area contributed by atoms with Gasteiger partial charge in [0.05, 0.1) is 45.6 Å². The van der Waals surface area contributed by atoms with Gasteiger partial charge < -0.3 is 15.5 Å². The summed E-state index contributed by atoms with van der Waals surface area (Å²) in [6, 6.07) is 44.7. The number of aliphatic imine (C=N–C) groups is 4. The Morgan fingerprint density at radius 1 is 0.301 bits per heavy atom. The SMILES string of the molecule is NCCN1C=CC(=C2C=CN(CCCC[n+]3ccc(-c4cc[n+](CCCC[n+]5ccc(C6=C7C=CC(=N7)C(c7ccccc7)=C7C=CC(=N7)C(c7ccccc7)=C7C=CC(=N7)C(c7ccccc7)=C7C=CC6=N7)cc5)cc4)cc3)C=C2)C=C1. The minimum Gasteiger partial charge on any atom is -0.354 e. The second-order valence-corrected chi connectivity index (χ2v) is 21.3. The molecule has 6 aromatic rings. The average Bonchev–Trinajstić information content (AvgIpc) is 4.07. The molecule has 0 amide bonds. The van der Waals surface area contributed by atoms with Gasteiger partial charge >= 0.3 is 0 Å². The number of aryl methyl sites for hydroxylation is 3. The molecule has 7 aliphatic rings. The molecule has 10 heteroatoms. The molecule has 404 valence electrons. The molecule has 0 atom stereocenters. The van der Waals surface area contributed by atoms with Gasteiger partial charge in [-0.1, -0.05) is 91.0 Å². The van der Waals surface area contributed by atoms with Crippen LogP contribution in [0, 0.1) is 0 Å². The van der Waals surface area contributed by atoms with E-state index in [9.17, 15) is 0 Å². The standard InChI is InChI=1S/C73H65N10/c74-38-53-83-49-34-57(35-50-83)56-32-47-80(48-33-56)40-11-10-39-79-43-28-54(29-44-79)55-30-45-81(46-31-55)41-12-13-42-82-51-36-61(37-52-82)73-68-26-24-66(77-68)71(59-16-6-2-7-17-59)64-22-20-62(75-64)70(58-14-4-1-5-15-58)63-21-23-65(76-63)72(60-18-8-3-9-19-60)67-25-27-69(73)78-67/h1-9,14-37,43-52H,10-13,38-42,53,74H2/q+3. The van der Waals surface area contributed by atoms with E-state index < -0.39 is 0 Å². The van der Waals surface area contributed by atoms with Crippen LogP contribution in [-0.2, 0) is 19.6 Å². The molecule has 13 rings (SSSR count). The van der Waals surface area contributed by atoms with E-state index in [1.165, 1.54) is 22.3 Å². The van der Waals surface area contributed by atoms with E-state index in [0.717, 1.165) is 149 Å². The molecule has 10 nitrogen and oxygen atoms in total. The number of unbranched alkanes of at least 4 members (excludes halogenated alkanes) is 2. The first kappa shape index (κ1) is 52.3. The summed E-state index contributed by atoms with van der Waals surface area (Å²) in [5, 5.41) is 0. The number of hydrogen-bond donors (Lipinski definition) is 1. The predicted molar refractivity (Wildman–Crippen MR) is 337 cm³/mol. The molecule has 83 heavy (non-hydrogen) atoms. The fourth-order valence-corrected chi connectivity index (χ4v) is 11.4. The summed E-state index contributed by atoms with van der Waals surface area (Å²) in [5.74, 6) is 0. The van der Waals surface area contributed by atoms with Crippen LogP contribution in [0.4, 0.5) is 0 Å². The average molecular weight is 1080 g/mol. The number of hydrogen-bond acceptors (Lipinski definition) is 7. The van der Waals surface area contributed by atoms with Crippen molar-refractivity contribution in [2.45, 2.75) is 45.3 Å². The summed E-state index contributed by atoms with van der Waals surface area (Å²) in [4.78, 5) is 26.1. The van der Waals surface area contributed by atoms with Gasteiger partial charge in [0, 0.05) is 122 Å². The van der Waals surface area contributed by atoms with Crippen molar-refractivity contribution >= 4 is 45.1 Å². The third-order valence-corrected chi connectivity index (χ3v) is 15.8. The smallest absolute Gasteiger partial charge is 0.169 e. The second-order valence-electron chi connectivity index (χ2n) is 21.3. The Balaban J connectivity index is 0.678. The third kappa shape index (κ3) is 11.8. The molecule has 10 heterocycles. The number of nitrogens with two attached hydrogens (primary N) is 1. The zero-order valence-electron chi connectivity index (χ0n) is 46.5. The topological polar surface area (TPSA) is 93.6 Å². The highest BCUT2D eigenvalue weighted by Crippen LogP contribution is 2.38. The molecule has 8 bridgehead atoms. The lowest BCUT2D eigenvalue weighted by atomic mass is 9.98. The van der Waals surface area contributed by atoms with Gasteiger partial charge in [-0.05, 0) is 124 Å². The highest BCUT2D eigenvalue weighted by molar-refractivity contribution is 6.39. The van der Waals surface area contributed by atoms with Gasteiger partial charge in [-0.2, -0.15) is 0 Å². The van der Waals surface area contributed by atoms with Crippen molar-refractivity contribution in [1.29, 1.82) is 0 Å². The first-order valence-corrected chi connectivity index (χ1v) is 29.0. The number of allylic oxidation sites excluding steroid dienone is 18. The van der Waals surface area contributed by atoms with Gasteiger partial charge in [0.15, 0.2) is 37.2 Å². The van der Waals surface area contributed by atoms with Crippen LogP contribution in [0.25, 0.3) is 33.4 Å². The molecule has 0 saturated carbocycles. The van der Waals surface area contributed by atoms with Crippen molar-refractivity contribution in [2.24, 2.45) is 25.7 Å². The molecular formula is C73H65N10+3. The molecule has 3 aromatic heterocycles. The maximum atomic E-state index is 5.70. The first-order chi connectivity index (χ1) is 41.1. The van der Waals surface area contributed by atoms with E-state index in [1.807, 2.05) is 18.2 Å². The Kier molecular flexibility index (Phi) is 15.4. The van der Waals surface area contributed by atoms with Crippen LogP contribution in [0.1, 0.15) is 47.9 Å². The minimum absolute atomic E-state index is 0.641. The van der Waals surface area contributed by atoms with Gasteiger partial charge in [-0.15, -0.1) is 0 Å². The molecule has 0 radical (unpaired) electrons. The lowest BCUT2D eigenvalue weighted by Gasteiger charge is -2.21. The van der Waals surface area contributed by atoms with Crippen molar-refractivity contribution in [1.82, 2.24) is 9.80 Å². The summed E-state index contributed by atoms with van der Waals surface area (Å²) in [7, 11) is 0. The highest BCUT2D eigenvalue weighted by atomic mass is 15.1. The maximum absolute atomic E-state index is 5.70. The molecule has 0 unspecified atom stereocenters. The molecule has 2 N–H and O–H groups in total. The Labute approximate surface area is 486 Å². The van der Waals surface area contributed by atoms with Crippen LogP contribution in [0.5, 0.6) is 0 Å². The number of nitrogens with zero attached hydrogens (tertiary/aromatic N) is 9. The maximum Gasteiger partial charge on any atom is 0.169 e. The third-order valence-electron chi connectivity index (χ3n) is 15.8. The van der Waals surface area contributed by atoms with E-state index in [1.54, 1.807) is 0 Å². The van der Waals surface area contributed by atoms with Crippen LogP contribution in [0.3, 0.4) is 0 Å². The molecular weight excluding hydrogens is 1020 g/mol. The van der Waals surface area contributed by atoms with Gasteiger partial charge in [0.25, 0.3) is 0 Å². The van der Waals surface area contributed by atoms with E-state index >= 15 is 0 Å². The number of benzene rings is 3. The Morgan fingerprint density at radius 2 is 0.590 bits per heavy atom. The zero-order chi connectivity index (χ0) is 55.7. The monoisotopic (exact) mass is 1080 g/mol. The Hall–Kier alpha value is -10.0. The van der Waals surface area contributed by atoms with Crippen molar-refractivity contribution in [3.8, 4) is 11.1 Å². The number of fused-ring (bicyclic) bond motifs is 4. The summed E-state index contributed by atoms with van der Waals surface area (Å²) in [5.41, 5.74) is 25.5. The molecule has 0 aliphatic carbocycles. The highest BCUT2D eigenvalue weighted by Gasteiger charge is 2.28. The fourth-order valence-electron chi connectivity index (χ4n) is 11.4. The lowest BCUT2D eigenvalue weighted by molar-refractivity contribution is -0.708. The van der Waals surface area contributed by atoms with Gasteiger partial charge in [0.2, 0.25) is 0 Å². The van der Waals surface area contributed by atoms with Crippen LogP contribution >= 0.6 is 0 Å². The first-order valence-electron chi connectivity index (χ1n) is 29.0. The van der Waals surface area contributed by atoms with Crippen LogP contribution in [-0.4, -0.2) is 52.3 Å². The number of aromatic nitrogens is 3. The summed E-state index contributed by atoms with van der Waals surface area (Å²) in [6.07, 6.45) is 51.8. The zero-order valence-corrected chi connectivity index (χ0v) is 46.5. The van der Waals surface area contributed by atoms with Crippen LogP contribution in [0.15, 0.2) is 316 Å². The van der Waals surface area contributed by atoms with E-state index in [2.05, 4.69) is 268 Å². The molecule has 0 fully saturated rings. The molecule has 7 aliphatic heterocycles. The van der Waals surface area contributed by atoms with Crippen molar-refractivity contribution < 1.29 is 13.7 Å². The number of pyridine rings is 3. The summed E-state index contributed by atoms with van der Waals surface area (Å²) < 4.78 is 6.87. The van der Waals surface area contributed by atoms with Crippen LogP contribution < -0.4 is 19.4 Å². The lowest BCUT2D eigenvalue weighted by Crippen LogP contribution is -2.35. The van der Waals surface area contributed by atoms with E-state index in [4.69, 9.17) is 25.7 Å². The fraction of sp³-hybridized carbons (Fsp3) is 0.137. The van der Waals surface area contributed by atoms with E-state index in [0.29, 0.717) is 6.54 Å². The summed E-state index contributed by atoms with van der Waals surface area (Å²) in [6.45, 7) is 5.32. The van der Waals surface area contributed by atoms with Crippen LogP contribution in [0.2, 0.25) is 0 Å². The van der Waals surface area contributed by atoms with Crippen molar-refractivity contribution in [3.63, 3.8) is 0 Å². The Morgan fingerprint density at radius 3 is 0.916 bits per heavy atom. The van der Waals surface area contributed by atoms with Crippen molar-refractivity contribution in [2.75, 3.05) is 19.6 Å². The van der Waals surface area contributed by atoms with Gasteiger partial charge in [-0.3, -0.25) is 0 Å².